The molecule has 2 aliphatic rings. The Hall–Kier alpha value is -1.22. The van der Waals surface area contributed by atoms with Gasteiger partial charge in [0.2, 0.25) is 5.83 Å². The third kappa shape index (κ3) is 5.91. The molecule has 0 heterocycles. The molecule has 4 N–H and O–H groups in total. The summed E-state index contributed by atoms with van der Waals surface area (Å²) in [5, 5.41) is 0. The monoisotopic (exact) mass is 376 g/mol. The lowest BCUT2D eigenvalue weighted by Gasteiger charge is -2.29. The number of esters is 1. The molecule has 0 aromatic carbocycles. The number of allylic oxidation sites excluding steroid dienone is 1. The molecule has 2 unspecified atom stereocenters. The zero-order valence-electron chi connectivity index (χ0n) is 13.9. The van der Waals surface area contributed by atoms with E-state index in [1.54, 1.807) is 0 Å². The Balaban J connectivity index is 0.00000288. The van der Waals surface area contributed by atoms with Crippen LogP contribution in [-0.2, 0) is 9.53 Å². The van der Waals surface area contributed by atoms with Crippen LogP contribution in [0.4, 0.5) is 22.0 Å². The van der Waals surface area contributed by atoms with Gasteiger partial charge in [-0.3, -0.25) is 0 Å². The minimum atomic E-state index is -2.27. The largest absolute Gasteiger partial charge is 0.457 e. The van der Waals surface area contributed by atoms with Gasteiger partial charge in [-0.05, 0) is 18.8 Å². The van der Waals surface area contributed by atoms with E-state index in [4.69, 9.17) is 0 Å². The van der Waals surface area contributed by atoms with E-state index in [0.717, 1.165) is 12.8 Å². The second-order valence-electron chi connectivity index (χ2n) is 6.59. The summed E-state index contributed by atoms with van der Waals surface area (Å²) in [7, 11) is 0. The maximum absolute atomic E-state index is 14.0. The molecule has 0 aromatic heterocycles. The number of ether oxygens (including phenoxy) is 1. The summed E-state index contributed by atoms with van der Waals surface area (Å²) < 4.78 is 72.0. The first kappa shape index (κ1) is 23.8. The van der Waals surface area contributed by atoms with Crippen molar-refractivity contribution in [3.05, 3.63) is 11.7 Å². The van der Waals surface area contributed by atoms with Crippen molar-refractivity contribution >= 4 is 5.97 Å². The molecule has 0 aliphatic heterocycles. The van der Waals surface area contributed by atoms with Gasteiger partial charge in [0.1, 0.15) is 24.3 Å². The molecule has 4 nitrogen and oxygen atoms in total. The van der Waals surface area contributed by atoms with E-state index in [-0.39, 0.29) is 11.0 Å². The van der Waals surface area contributed by atoms with E-state index in [1.165, 1.54) is 0 Å². The summed E-state index contributed by atoms with van der Waals surface area (Å²) in [6, 6.07) is 0. The lowest BCUT2D eigenvalue weighted by molar-refractivity contribution is -0.152. The molecule has 2 atom stereocenters. The number of alkyl halides is 3. The Morgan fingerprint density at radius 2 is 1.40 bits per heavy atom. The highest BCUT2D eigenvalue weighted by Gasteiger charge is 2.41. The molecule has 2 saturated carbocycles. The highest BCUT2D eigenvalue weighted by Crippen LogP contribution is 2.36. The van der Waals surface area contributed by atoms with Gasteiger partial charge in [-0.1, -0.05) is 19.8 Å². The summed E-state index contributed by atoms with van der Waals surface area (Å²) in [5.74, 6) is -4.59. The smallest absolute Gasteiger partial charge is 0.370 e. The van der Waals surface area contributed by atoms with Crippen LogP contribution in [-0.4, -0.2) is 41.5 Å². The first-order valence-electron chi connectivity index (χ1n) is 7.98. The molecule has 0 radical (unpaired) electrons. The van der Waals surface area contributed by atoms with E-state index in [2.05, 4.69) is 4.74 Å². The van der Waals surface area contributed by atoms with Crippen LogP contribution < -0.4 is 0 Å². The first-order valence-corrected chi connectivity index (χ1v) is 7.98. The van der Waals surface area contributed by atoms with Gasteiger partial charge in [-0.15, -0.1) is 0 Å². The van der Waals surface area contributed by atoms with Crippen molar-refractivity contribution in [3.8, 4) is 0 Å². The summed E-state index contributed by atoms with van der Waals surface area (Å²) in [6.45, 7) is 2.02. The van der Waals surface area contributed by atoms with Gasteiger partial charge in [-0.25, -0.2) is 22.4 Å². The Morgan fingerprint density at radius 1 is 0.920 bits per heavy atom. The maximum Gasteiger partial charge on any atom is 0.370 e. The van der Waals surface area contributed by atoms with E-state index in [1.807, 2.05) is 6.92 Å². The SMILES string of the molecule is CC1CCC(/C(F)=C(\F)C(=O)OC2CC(F)C(F)C(F)C2)CC1.O.O. The van der Waals surface area contributed by atoms with E-state index in [9.17, 15) is 26.7 Å². The predicted octanol–water partition coefficient (Wildman–Crippen LogP) is 3.03. The van der Waals surface area contributed by atoms with Crippen LogP contribution in [0.5, 0.6) is 0 Å². The lowest BCUT2D eigenvalue weighted by Crippen LogP contribution is -2.41. The van der Waals surface area contributed by atoms with Crippen molar-refractivity contribution in [2.24, 2.45) is 11.8 Å². The zero-order valence-corrected chi connectivity index (χ0v) is 13.9. The van der Waals surface area contributed by atoms with Gasteiger partial charge in [0, 0.05) is 18.8 Å². The minimum absolute atomic E-state index is 0. The number of rotatable bonds is 3. The van der Waals surface area contributed by atoms with Crippen LogP contribution >= 0.6 is 0 Å². The molecular formula is C16H25F5O4. The van der Waals surface area contributed by atoms with E-state index in [0.29, 0.717) is 18.8 Å². The Morgan fingerprint density at radius 3 is 1.88 bits per heavy atom. The molecule has 2 rings (SSSR count). The topological polar surface area (TPSA) is 89.3 Å². The molecular weight excluding hydrogens is 351 g/mol. The van der Waals surface area contributed by atoms with E-state index < -0.39 is 61.0 Å². The fourth-order valence-electron chi connectivity index (χ4n) is 3.17. The van der Waals surface area contributed by atoms with Crippen molar-refractivity contribution in [1.82, 2.24) is 0 Å². The molecule has 0 amide bonds. The molecule has 148 valence electrons. The third-order valence-corrected chi connectivity index (χ3v) is 4.70. The number of carbonyl (C=O) groups is 1. The summed E-state index contributed by atoms with van der Waals surface area (Å²) in [4.78, 5) is 11.6. The number of hydrogen-bond acceptors (Lipinski definition) is 2. The van der Waals surface area contributed by atoms with Crippen LogP contribution in [0.1, 0.15) is 45.4 Å². The quantitative estimate of drug-likeness (QED) is 0.430. The predicted molar refractivity (Wildman–Crippen MR) is 81.4 cm³/mol. The van der Waals surface area contributed by atoms with Crippen molar-refractivity contribution in [2.45, 2.75) is 70.1 Å². The summed E-state index contributed by atoms with van der Waals surface area (Å²) in [6.07, 6.45) is -6.52. The summed E-state index contributed by atoms with van der Waals surface area (Å²) in [5.41, 5.74) is 0. The number of hydrogen-bond donors (Lipinski definition) is 0. The average molecular weight is 376 g/mol. The molecule has 0 bridgehead atoms. The standard InChI is InChI=1S/C16H21F5O2.2H2O/c1-8-2-4-9(5-3-8)13(19)15(21)16(22)23-10-6-11(17)14(20)12(18)7-10;;/h8-12,14H,2-7H2,1H3;2*1H2/b15-13+;;. The second kappa shape index (κ2) is 10.1. The maximum atomic E-state index is 14.0. The van der Waals surface area contributed by atoms with Crippen molar-refractivity contribution < 1.29 is 42.4 Å². The normalized spacial score (nSPS) is 36.4. The summed E-state index contributed by atoms with van der Waals surface area (Å²) >= 11 is 0. The molecule has 0 aromatic rings. The zero-order chi connectivity index (χ0) is 17.1. The van der Waals surface area contributed by atoms with Gasteiger partial charge in [0.25, 0.3) is 0 Å². The van der Waals surface area contributed by atoms with Crippen LogP contribution in [0, 0.1) is 11.8 Å². The van der Waals surface area contributed by atoms with Gasteiger partial charge in [-0.2, -0.15) is 4.39 Å². The molecule has 25 heavy (non-hydrogen) atoms. The van der Waals surface area contributed by atoms with Crippen molar-refractivity contribution in [2.75, 3.05) is 0 Å². The molecule has 0 saturated heterocycles. The van der Waals surface area contributed by atoms with Crippen LogP contribution in [0.15, 0.2) is 11.7 Å². The van der Waals surface area contributed by atoms with Crippen molar-refractivity contribution in [3.63, 3.8) is 0 Å². The van der Waals surface area contributed by atoms with Gasteiger partial charge in [0.05, 0.1) is 0 Å². The van der Waals surface area contributed by atoms with Gasteiger partial charge < -0.3 is 15.7 Å². The van der Waals surface area contributed by atoms with Gasteiger partial charge in [0.15, 0.2) is 6.17 Å². The van der Waals surface area contributed by atoms with E-state index >= 15 is 0 Å². The highest BCUT2D eigenvalue weighted by molar-refractivity contribution is 5.86. The Bertz CT molecular complexity index is 453. The minimum Gasteiger partial charge on any atom is -0.457 e. The highest BCUT2D eigenvalue weighted by atomic mass is 19.2. The van der Waals surface area contributed by atoms with Gasteiger partial charge >= 0.3 is 5.97 Å². The van der Waals surface area contributed by atoms with Crippen LogP contribution in [0.25, 0.3) is 0 Å². The van der Waals surface area contributed by atoms with Crippen LogP contribution in [0.3, 0.4) is 0 Å². The molecule has 2 aliphatic carbocycles. The second-order valence-corrected chi connectivity index (χ2v) is 6.59. The Labute approximate surface area is 143 Å². The molecule has 2 fully saturated rings. The molecule has 0 spiro atoms. The fraction of sp³-hybridized carbons (Fsp3) is 0.812. The average Bonchev–Trinajstić information content (AvgIpc) is 2.51. The van der Waals surface area contributed by atoms with Crippen molar-refractivity contribution in [1.29, 1.82) is 0 Å². The third-order valence-electron chi connectivity index (χ3n) is 4.70. The number of carbonyl (C=O) groups excluding carboxylic acids is 1. The number of halogens is 5. The first-order chi connectivity index (χ1) is 10.8. The molecule has 9 heteroatoms. The fourth-order valence-corrected chi connectivity index (χ4v) is 3.17. The van der Waals surface area contributed by atoms with Crippen LogP contribution in [0.2, 0.25) is 0 Å². The lowest BCUT2D eigenvalue weighted by atomic mass is 9.82. The Kier molecular flexibility index (Phi) is 9.57.